The van der Waals surface area contributed by atoms with Crippen LogP contribution >= 0.6 is 0 Å². The van der Waals surface area contributed by atoms with Gasteiger partial charge >= 0.3 is 0 Å². The summed E-state index contributed by atoms with van der Waals surface area (Å²) in [6, 6.07) is 28.7. The largest absolute Gasteiger partial charge is 0.353 e. The molecular formula is C37H37N3. The van der Waals surface area contributed by atoms with Gasteiger partial charge in [-0.1, -0.05) is 71.9 Å². The predicted molar refractivity (Wildman–Crippen MR) is 170 cm³/mol. The Bertz CT molecular complexity index is 1970. The number of nitrogens with one attached hydrogen (secondary N) is 1. The Kier molecular flexibility index (Phi) is 5.33. The second-order valence-corrected chi connectivity index (χ2v) is 12.7. The number of aromatic nitrogens is 3. The molecule has 3 aromatic carbocycles. The first-order chi connectivity index (χ1) is 20.2. The fourth-order valence-electron chi connectivity index (χ4n) is 5.36. The molecule has 6 rings (SSSR count). The number of benzene rings is 3. The molecule has 0 radical (unpaired) electrons. The number of pyridine rings is 2. The van der Waals surface area contributed by atoms with Crippen LogP contribution in [0.1, 0.15) is 62.5 Å². The van der Waals surface area contributed by atoms with E-state index in [0.29, 0.717) is 5.69 Å². The van der Waals surface area contributed by atoms with Crippen LogP contribution in [0, 0.1) is 6.85 Å². The molecule has 3 aromatic heterocycles. The van der Waals surface area contributed by atoms with Crippen molar-refractivity contribution < 1.29 is 4.11 Å². The minimum absolute atomic E-state index is 0.0453. The average molecular weight is 527 g/mol. The minimum atomic E-state index is -2.26. The van der Waals surface area contributed by atoms with Crippen molar-refractivity contribution in [2.75, 3.05) is 0 Å². The highest BCUT2D eigenvalue weighted by atomic mass is 14.7. The van der Waals surface area contributed by atoms with E-state index in [1.807, 2.05) is 36.5 Å². The van der Waals surface area contributed by atoms with Gasteiger partial charge in [0.2, 0.25) is 0 Å². The Morgan fingerprint density at radius 3 is 1.90 bits per heavy atom. The van der Waals surface area contributed by atoms with E-state index in [2.05, 4.69) is 94.0 Å². The van der Waals surface area contributed by atoms with Gasteiger partial charge in [0.25, 0.3) is 0 Å². The fourth-order valence-corrected chi connectivity index (χ4v) is 5.36. The third kappa shape index (κ3) is 4.70. The number of aromatic amines is 1. The van der Waals surface area contributed by atoms with Gasteiger partial charge in [-0.15, -0.1) is 0 Å². The molecular weight excluding hydrogens is 486 g/mol. The van der Waals surface area contributed by atoms with Crippen molar-refractivity contribution in [1.82, 2.24) is 15.0 Å². The van der Waals surface area contributed by atoms with Gasteiger partial charge in [0, 0.05) is 43.5 Å². The summed E-state index contributed by atoms with van der Waals surface area (Å²) >= 11 is 0. The molecule has 40 heavy (non-hydrogen) atoms. The molecule has 0 aliphatic carbocycles. The van der Waals surface area contributed by atoms with Crippen LogP contribution in [0.2, 0.25) is 0 Å². The fraction of sp³-hybridized carbons (Fsp3) is 0.243. The zero-order valence-corrected chi connectivity index (χ0v) is 24.1. The zero-order chi connectivity index (χ0) is 30.7. The molecule has 200 valence electrons. The zero-order valence-electron chi connectivity index (χ0n) is 27.1. The Hall–Kier alpha value is -4.24. The number of hydrogen-bond acceptors (Lipinski definition) is 2. The van der Waals surface area contributed by atoms with Gasteiger partial charge in [0.15, 0.2) is 0 Å². The maximum atomic E-state index is 7.83. The van der Waals surface area contributed by atoms with Gasteiger partial charge in [-0.3, -0.25) is 9.97 Å². The number of H-pyrrole nitrogens is 1. The van der Waals surface area contributed by atoms with Crippen molar-refractivity contribution in [2.24, 2.45) is 0 Å². The molecule has 0 spiro atoms. The van der Waals surface area contributed by atoms with Crippen LogP contribution in [-0.4, -0.2) is 15.0 Å². The van der Waals surface area contributed by atoms with E-state index in [1.165, 1.54) is 21.9 Å². The molecule has 0 aliphatic rings. The SMILES string of the molecule is [2H]C([2H])([2H])c1cccc(-c2cccc(-c3cc(C(C)(C)C)cc4c3[nH]c3c(-c5ccccn5)cc(C(C)(C)C)cc34)c2)n1. The van der Waals surface area contributed by atoms with Crippen LogP contribution in [-0.2, 0) is 10.8 Å². The summed E-state index contributed by atoms with van der Waals surface area (Å²) in [7, 11) is 0. The third-order valence-electron chi connectivity index (χ3n) is 7.71. The van der Waals surface area contributed by atoms with Crippen molar-refractivity contribution in [3.8, 4) is 33.6 Å². The third-order valence-corrected chi connectivity index (χ3v) is 7.71. The van der Waals surface area contributed by atoms with Gasteiger partial charge in [0.1, 0.15) is 0 Å². The lowest BCUT2D eigenvalue weighted by molar-refractivity contribution is 0.590. The second kappa shape index (κ2) is 9.45. The average Bonchev–Trinajstić information content (AvgIpc) is 3.34. The smallest absolute Gasteiger partial charge is 0.0723 e. The van der Waals surface area contributed by atoms with Crippen LogP contribution < -0.4 is 0 Å². The number of fused-ring (bicyclic) bond motifs is 3. The summed E-state index contributed by atoms with van der Waals surface area (Å²) in [5, 5.41) is 2.35. The molecule has 0 aliphatic heterocycles. The molecule has 0 saturated heterocycles. The Labute approximate surface area is 241 Å². The summed E-state index contributed by atoms with van der Waals surface area (Å²) in [4.78, 5) is 13.1. The van der Waals surface area contributed by atoms with Crippen LogP contribution in [0.15, 0.2) is 91.1 Å². The van der Waals surface area contributed by atoms with Crippen LogP contribution in [0.3, 0.4) is 0 Å². The second-order valence-electron chi connectivity index (χ2n) is 12.7. The van der Waals surface area contributed by atoms with E-state index in [9.17, 15) is 0 Å². The van der Waals surface area contributed by atoms with Crippen LogP contribution in [0.25, 0.3) is 55.4 Å². The lowest BCUT2D eigenvalue weighted by Crippen LogP contribution is -2.11. The Morgan fingerprint density at radius 2 is 1.25 bits per heavy atom. The molecule has 0 saturated carbocycles. The molecule has 0 atom stereocenters. The number of nitrogens with zero attached hydrogens (tertiary/aromatic N) is 2. The maximum absolute atomic E-state index is 7.83. The van der Waals surface area contributed by atoms with Gasteiger partial charge in [0.05, 0.1) is 22.4 Å². The van der Waals surface area contributed by atoms with E-state index < -0.39 is 6.85 Å². The van der Waals surface area contributed by atoms with Crippen molar-refractivity contribution in [1.29, 1.82) is 0 Å². The summed E-state index contributed by atoms with van der Waals surface area (Å²) in [5.41, 5.74) is 10.3. The molecule has 6 aromatic rings. The van der Waals surface area contributed by atoms with E-state index in [-0.39, 0.29) is 16.5 Å². The van der Waals surface area contributed by atoms with Crippen LogP contribution in [0.4, 0.5) is 0 Å². The molecule has 3 heteroatoms. The molecule has 0 fully saturated rings. The molecule has 3 heterocycles. The highest BCUT2D eigenvalue weighted by Crippen LogP contribution is 2.42. The van der Waals surface area contributed by atoms with Gasteiger partial charge in [-0.05, 0) is 89.0 Å². The first kappa shape index (κ1) is 22.6. The molecule has 0 amide bonds. The summed E-state index contributed by atoms with van der Waals surface area (Å²) < 4.78 is 23.5. The summed E-state index contributed by atoms with van der Waals surface area (Å²) in [6.45, 7) is 11.2. The maximum Gasteiger partial charge on any atom is 0.0723 e. The molecule has 3 nitrogen and oxygen atoms in total. The summed E-state index contributed by atoms with van der Waals surface area (Å²) in [5.74, 6) is 0. The minimum Gasteiger partial charge on any atom is -0.353 e. The highest BCUT2D eigenvalue weighted by molar-refractivity contribution is 6.16. The van der Waals surface area contributed by atoms with Crippen molar-refractivity contribution in [3.63, 3.8) is 0 Å². The van der Waals surface area contributed by atoms with Gasteiger partial charge in [-0.25, -0.2) is 0 Å². The first-order valence-corrected chi connectivity index (χ1v) is 13.8. The lowest BCUT2D eigenvalue weighted by atomic mass is 9.82. The number of rotatable bonds is 3. The van der Waals surface area contributed by atoms with Gasteiger partial charge < -0.3 is 4.98 Å². The molecule has 0 unspecified atom stereocenters. The van der Waals surface area contributed by atoms with Crippen molar-refractivity contribution >= 4 is 21.8 Å². The van der Waals surface area contributed by atoms with E-state index in [0.717, 1.165) is 39.0 Å². The normalized spacial score (nSPS) is 13.8. The highest BCUT2D eigenvalue weighted by Gasteiger charge is 2.23. The van der Waals surface area contributed by atoms with Crippen LogP contribution in [0.5, 0.6) is 0 Å². The Morgan fingerprint density at radius 1 is 0.625 bits per heavy atom. The molecule has 0 bridgehead atoms. The monoisotopic (exact) mass is 526 g/mol. The predicted octanol–water partition coefficient (Wildman–Crippen LogP) is 10.0. The quantitative estimate of drug-likeness (QED) is 0.249. The van der Waals surface area contributed by atoms with E-state index >= 15 is 0 Å². The van der Waals surface area contributed by atoms with Crippen molar-refractivity contribution in [3.05, 3.63) is 108 Å². The van der Waals surface area contributed by atoms with E-state index in [4.69, 9.17) is 9.10 Å². The van der Waals surface area contributed by atoms with Crippen molar-refractivity contribution in [2.45, 2.75) is 59.2 Å². The standard InChI is InChI=1S/C37H37N3/c1-23-12-10-16-32(39-23)25-14-11-13-24(18-25)28-19-26(36(2,3)4)20-29-30-21-27(37(5,6)7)22-31(35(30)40-34(28)29)33-15-8-9-17-38-33/h8-22,40H,1-7H3/i1D3. The van der Waals surface area contributed by atoms with E-state index in [1.54, 1.807) is 12.1 Å². The number of aryl methyl sites for hydroxylation is 1. The first-order valence-electron chi connectivity index (χ1n) is 15.3. The Balaban J connectivity index is 1.65. The summed E-state index contributed by atoms with van der Waals surface area (Å²) in [6.07, 6.45) is 1.84. The lowest BCUT2D eigenvalue weighted by Gasteiger charge is -2.22. The number of hydrogen-bond donors (Lipinski definition) is 1. The molecule has 1 N–H and O–H groups in total. The topological polar surface area (TPSA) is 41.6 Å². The van der Waals surface area contributed by atoms with Gasteiger partial charge in [-0.2, -0.15) is 0 Å².